The van der Waals surface area contributed by atoms with Gasteiger partial charge < -0.3 is 5.32 Å². The van der Waals surface area contributed by atoms with E-state index < -0.39 is 10.0 Å². The van der Waals surface area contributed by atoms with Crippen LogP contribution in [-0.4, -0.2) is 30.7 Å². The number of nitrogens with zero attached hydrogens (tertiary/aromatic N) is 2. The van der Waals surface area contributed by atoms with Crippen molar-refractivity contribution in [3.63, 3.8) is 0 Å². The minimum atomic E-state index is -3.44. The molecule has 8 heteroatoms. The van der Waals surface area contributed by atoms with Crippen LogP contribution in [0, 0.1) is 0 Å². The van der Waals surface area contributed by atoms with Crippen LogP contribution in [0.2, 0.25) is 0 Å². The summed E-state index contributed by atoms with van der Waals surface area (Å²) < 4.78 is 22.2. The molecule has 1 aromatic heterocycles. The number of rotatable bonds is 6. The highest BCUT2D eigenvalue weighted by atomic mass is 79.9. The molecular formula is C9H15BrN4O2S. The van der Waals surface area contributed by atoms with E-state index in [1.807, 2.05) is 6.92 Å². The summed E-state index contributed by atoms with van der Waals surface area (Å²) in [6, 6.07) is 1.70. The number of hydrogen-bond acceptors (Lipinski definition) is 5. The van der Waals surface area contributed by atoms with Crippen LogP contribution in [0.3, 0.4) is 0 Å². The topological polar surface area (TPSA) is 98.0 Å². The minimum absolute atomic E-state index is 0.127. The van der Waals surface area contributed by atoms with Crippen LogP contribution in [0.25, 0.3) is 0 Å². The number of aromatic nitrogens is 2. The van der Waals surface area contributed by atoms with E-state index in [2.05, 4.69) is 31.2 Å². The summed E-state index contributed by atoms with van der Waals surface area (Å²) in [5, 5.41) is 7.80. The van der Waals surface area contributed by atoms with E-state index in [0.717, 1.165) is 18.7 Å². The van der Waals surface area contributed by atoms with Gasteiger partial charge in [-0.15, -0.1) is 0 Å². The molecule has 0 unspecified atom stereocenters. The largest absolute Gasteiger partial charge is 0.369 e. The molecule has 3 N–H and O–H groups in total. The zero-order valence-electron chi connectivity index (χ0n) is 9.48. The molecule has 6 nitrogen and oxygen atoms in total. The highest BCUT2D eigenvalue weighted by molar-refractivity contribution is 9.10. The van der Waals surface area contributed by atoms with E-state index in [1.165, 1.54) is 0 Å². The van der Waals surface area contributed by atoms with Crippen LogP contribution in [0.15, 0.2) is 10.7 Å². The first-order valence-corrected chi connectivity index (χ1v) is 7.69. The first-order chi connectivity index (χ1) is 7.90. The highest BCUT2D eigenvalue weighted by Crippen LogP contribution is 2.13. The third-order valence-electron chi connectivity index (χ3n) is 1.91. The Morgan fingerprint density at radius 3 is 2.76 bits per heavy atom. The average molecular weight is 323 g/mol. The summed E-state index contributed by atoms with van der Waals surface area (Å²) in [6.07, 6.45) is 1.73. The summed E-state index contributed by atoms with van der Waals surface area (Å²) in [4.78, 5) is 8.46. The van der Waals surface area contributed by atoms with E-state index in [0.29, 0.717) is 10.4 Å². The lowest BCUT2D eigenvalue weighted by Gasteiger charge is -2.06. The van der Waals surface area contributed by atoms with E-state index >= 15 is 0 Å². The summed E-state index contributed by atoms with van der Waals surface area (Å²) in [7, 11) is -3.44. The smallest absolute Gasteiger partial charge is 0.210 e. The lowest BCUT2D eigenvalue weighted by Crippen LogP contribution is -2.22. The summed E-state index contributed by atoms with van der Waals surface area (Å²) >= 11 is 3.28. The van der Waals surface area contributed by atoms with Crippen molar-refractivity contribution in [2.24, 2.45) is 5.14 Å². The molecule has 0 aromatic carbocycles. The predicted octanol–water partition coefficient (Wildman–Crippen LogP) is 0.892. The molecule has 0 spiro atoms. The molecule has 0 saturated heterocycles. The third kappa shape index (κ3) is 5.94. The summed E-state index contributed by atoms with van der Waals surface area (Å²) in [6.45, 7) is 2.27. The molecule has 0 aliphatic rings. The van der Waals surface area contributed by atoms with Crippen LogP contribution in [-0.2, 0) is 16.4 Å². The number of anilines is 1. The van der Waals surface area contributed by atoms with E-state index in [4.69, 9.17) is 5.14 Å². The average Bonchev–Trinajstić information content (AvgIpc) is 2.15. The molecule has 0 bridgehead atoms. The Bertz CT molecular complexity index is 478. The standard InChI is InChI=1S/C9H15BrN4O2S/c1-2-3-8-13-7(10)6-9(14-8)12-4-5-17(11,15)16/h6H,2-5H2,1H3,(H2,11,15,16)(H,12,13,14). The first-order valence-electron chi connectivity index (χ1n) is 5.18. The van der Waals surface area contributed by atoms with Gasteiger partial charge in [-0.2, -0.15) is 0 Å². The van der Waals surface area contributed by atoms with Crippen molar-refractivity contribution in [3.05, 3.63) is 16.5 Å². The van der Waals surface area contributed by atoms with E-state index in [9.17, 15) is 8.42 Å². The molecule has 0 aliphatic carbocycles. The molecular weight excluding hydrogens is 308 g/mol. The Labute approximate surface area is 109 Å². The van der Waals surface area contributed by atoms with Gasteiger partial charge in [-0.3, -0.25) is 0 Å². The fraction of sp³-hybridized carbons (Fsp3) is 0.556. The van der Waals surface area contributed by atoms with Gasteiger partial charge in [0.15, 0.2) is 0 Å². The lowest BCUT2D eigenvalue weighted by atomic mass is 10.3. The van der Waals surface area contributed by atoms with Crippen molar-refractivity contribution in [2.45, 2.75) is 19.8 Å². The van der Waals surface area contributed by atoms with Gasteiger partial charge in [0.1, 0.15) is 16.2 Å². The number of aryl methyl sites for hydroxylation is 1. The van der Waals surface area contributed by atoms with Gasteiger partial charge in [0.25, 0.3) is 0 Å². The van der Waals surface area contributed by atoms with Gasteiger partial charge in [0.05, 0.1) is 5.75 Å². The number of nitrogens with two attached hydrogens (primary N) is 1. The Kier molecular flexibility index (Phi) is 5.29. The number of primary sulfonamides is 1. The van der Waals surface area contributed by atoms with Gasteiger partial charge in [-0.05, 0) is 22.4 Å². The zero-order chi connectivity index (χ0) is 12.9. The van der Waals surface area contributed by atoms with Crippen molar-refractivity contribution in [3.8, 4) is 0 Å². The van der Waals surface area contributed by atoms with Crippen LogP contribution < -0.4 is 10.5 Å². The van der Waals surface area contributed by atoms with Crippen LogP contribution >= 0.6 is 15.9 Å². The summed E-state index contributed by atoms with van der Waals surface area (Å²) in [5.41, 5.74) is 0. The Hall–Kier alpha value is -0.730. The number of halogens is 1. The molecule has 0 radical (unpaired) electrons. The van der Waals surface area contributed by atoms with E-state index in [1.54, 1.807) is 6.07 Å². The van der Waals surface area contributed by atoms with Crippen molar-refractivity contribution in [1.29, 1.82) is 0 Å². The second-order valence-corrected chi connectivity index (χ2v) is 6.08. The van der Waals surface area contributed by atoms with Crippen LogP contribution in [0.4, 0.5) is 5.82 Å². The van der Waals surface area contributed by atoms with Crippen molar-refractivity contribution < 1.29 is 8.42 Å². The molecule has 0 saturated carbocycles. The highest BCUT2D eigenvalue weighted by Gasteiger charge is 2.05. The van der Waals surface area contributed by atoms with Gasteiger partial charge in [0.2, 0.25) is 10.0 Å². The number of hydrogen-bond donors (Lipinski definition) is 2. The maximum absolute atomic E-state index is 10.8. The number of nitrogens with one attached hydrogen (secondary N) is 1. The molecule has 17 heavy (non-hydrogen) atoms. The predicted molar refractivity (Wildman–Crippen MR) is 70.2 cm³/mol. The molecule has 96 valence electrons. The molecule has 0 amide bonds. The molecule has 0 aliphatic heterocycles. The Balaban J connectivity index is 2.64. The van der Waals surface area contributed by atoms with Gasteiger partial charge in [0, 0.05) is 19.0 Å². The monoisotopic (exact) mass is 322 g/mol. The Morgan fingerprint density at radius 2 is 2.18 bits per heavy atom. The van der Waals surface area contributed by atoms with Crippen molar-refractivity contribution in [1.82, 2.24) is 9.97 Å². The van der Waals surface area contributed by atoms with Crippen LogP contribution in [0.1, 0.15) is 19.2 Å². The van der Waals surface area contributed by atoms with Crippen molar-refractivity contribution in [2.75, 3.05) is 17.6 Å². The lowest BCUT2D eigenvalue weighted by molar-refractivity contribution is 0.598. The maximum Gasteiger partial charge on any atom is 0.210 e. The fourth-order valence-electron chi connectivity index (χ4n) is 1.21. The molecule has 1 heterocycles. The van der Waals surface area contributed by atoms with Gasteiger partial charge >= 0.3 is 0 Å². The third-order valence-corrected chi connectivity index (χ3v) is 3.09. The molecule has 0 fully saturated rings. The van der Waals surface area contributed by atoms with Crippen molar-refractivity contribution >= 4 is 31.8 Å². The quantitative estimate of drug-likeness (QED) is 0.758. The second kappa shape index (κ2) is 6.27. The first kappa shape index (κ1) is 14.3. The fourth-order valence-corrected chi connectivity index (χ4v) is 2.02. The summed E-state index contributed by atoms with van der Waals surface area (Å²) in [5.74, 6) is 1.19. The molecule has 1 aromatic rings. The second-order valence-electron chi connectivity index (χ2n) is 3.54. The van der Waals surface area contributed by atoms with Gasteiger partial charge in [-0.25, -0.2) is 23.5 Å². The molecule has 1 rings (SSSR count). The SMILES string of the molecule is CCCc1nc(Br)cc(NCCS(N)(=O)=O)n1. The molecule has 0 atom stereocenters. The zero-order valence-corrected chi connectivity index (χ0v) is 11.9. The van der Waals surface area contributed by atoms with Crippen LogP contribution in [0.5, 0.6) is 0 Å². The Morgan fingerprint density at radius 1 is 1.47 bits per heavy atom. The van der Waals surface area contributed by atoms with Gasteiger partial charge in [-0.1, -0.05) is 6.92 Å². The normalized spacial score (nSPS) is 11.5. The van der Waals surface area contributed by atoms with E-state index in [-0.39, 0.29) is 12.3 Å². The number of sulfonamides is 1. The maximum atomic E-state index is 10.8. The minimum Gasteiger partial charge on any atom is -0.369 e.